The lowest BCUT2D eigenvalue weighted by atomic mass is 9.96. The zero-order chi connectivity index (χ0) is 19.4. The van der Waals surface area contributed by atoms with Gasteiger partial charge in [-0.3, -0.25) is 9.59 Å². The number of carbonyl (C=O) groups is 2. The Morgan fingerprint density at radius 1 is 1.00 bits per heavy atom. The Kier molecular flexibility index (Phi) is 6.42. The van der Waals surface area contributed by atoms with Crippen LogP contribution in [0.1, 0.15) is 54.4 Å². The standard InChI is InChI=1S/C20H30N4O3/c1-14-17(11-18(25)23-8-4-5-9-23)15(2)22-20(21-14)16-7-6-10-24(12-16)19(26)13-27-3/h16H,4-13H2,1-3H3. The molecule has 0 saturated carbocycles. The average molecular weight is 374 g/mol. The zero-order valence-electron chi connectivity index (χ0n) is 16.7. The van der Waals surface area contributed by atoms with E-state index in [-0.39, 0.29) is 24.3 Å². The summed E-state index contributed by atoms with van der Waals surface area (Å²) in [5.74, 6) is 1.12. The largest absolute Gasteiger partial charge is 0.375 e. The molecule has 0 bridgehead atoms. The molecule has 2 fully saturated rings. The van der Waals surface area contributed by atoms with Crippen LogP contribution in [0.3, 0.4) is 0 Å². The van der Waals surface area contributed by atoms with Crippen molar-refractivity contribution in [1.29, 1.82) is 0 Å². The van der Waals surface area contributed by atoms with Gasteiger partial charge in [-0.25, -0.2) is 9.97 Å². The van der Waals surface area contributed by atoms with E-state index in [0.717, 1.165) is 68.1 Å². The smallest absolute Gasteiger partial charge is 0.248 e. The third-order valence-electron chi connectivity index (χ3n) is 5.63. The van der Waals surface area contributed by atoms with Gasteiger partial charge < -0.3 is 14.5 Å². The molecule has 148 valence electrons. The van der Waals surface area contributed by atoms with Crippen molar-refractivity contribution in [2.75, 3.05) is 39.9 Å². The summed E-state index contributed by atoms with van der Waals surface area (Å²) in [4.78, 5) is 37.9. The molecule has 7 heteroatoms. The van der Waals surface area contributed by atoms with Gasteiger partial charge in [0.05, 0.1) is 6.42 Å². The third kappa shape index (κ3) is 4.64. The fourth-order valence-electron chi connectivity index (χ4n) is 4.06. The predicted molar refractivity (Wildman–Crippen MR) is 101 cm³/mol. The highest BCUT2D eigenvalue weighted by Gasteiger charge is 2.28. The predicted octanol–water partition coefficient (Wildman–Crippen LogP) is 1.61. The molecule has 0 N–H and O–H groups in total. The van der Waals surface area contributed by atoms with E-state index in [4.69, 9.17) is 14.7 Å². The Labute approximate surface area is 161 Å². The van der Waals surface area contributed by atoms with Crippen molar-refractivity contribution in [2.24, 2.45) is 0 Å². The molecule has 0 spiro atoms. The minimum Gasteiger partial charge on any atom is -0.375 e. The van der Waals surface area contributed by atoms with Crippen molar-refractivity contribution in [1.82, 2.24) is 19.8 Å². The molecule has 1 unspecified atom stereocenters. The van der Waals surface area contributed by atoms with E-state index >= 15 is 0 Å². The summed E-state index contributed by atoms with van der Waals surface area (Å²) in [5, 5.41) is 0. The van der Waals surface area contributed by atoms with Crippen molar-refractivity contribution in [2.45, 2.75) is 51.9 Å². The summed E-state index contributed by atoms with van der Waals surface area (Å²) in [7, 11) is 1.54. The van der Waals surface area contributed by atoms with Gasteiger partial charge in [-0.05, 0) is 39.5 Å². The molecule has 0 aromatic carbocycles. The van der Waals surface area contributed by atoms with Crippen LogP contribution in [0.15, 0.2) is 0 Å². The molecule has 0 aliphatic carbocycles. The fourth-order valence-corrected chi connectivity index (χ4v) is 4.06. The lowest BCUT2D eigenvalue weighted by molar-refractivity contribution is -0.136. The van der Waals surface area contributed by atoms with E-state index in [2.05, 4.69) is 0 Å². The summed E-state index contributed by atoms with van der Waals surface area (Å²) in [5.41, 5.74) is 2.70. The summed E-state index contributed by atoms with van der Waals surface area (Å²) in [6.07, 6.45) is 4.48. The normalized spacial score (nSPS) is 20.2. The van der Waals surface area contributed by atoms with Gasteiger partial charge in [0.25, 0.3) is 0 Å². The molecule has 2 aliphatic rings. The molecule has 1 aromatic rings. The van der Waals surface area contributed by atoms with E-state index < -0.39 is 0 Å². The highest BCUT2D eigenvalue weighted by Crippen LogP contribution is 2.26. The van der Waals surface area contributed by atoms with Gasteiger partial charge in [-0.15, -0.1) is 0 Å². The second-order valence-corrected chi connectivity index (χ2v) is 7.61. The number of piperidine rings is 1. The van der Waals surface area contributed by atoms with Crippen molar-refractivity contribution >= 4 is 11.8 Å². The lowest BCUT2D eigenvalue weighted by Gasteiger charge is -2.32. The number of methoxy groups -OCH3 is 1. The first kappa shape index (κ1) is 19.7. The minimum absolute atomic E-state index is 0.0171. The number of hydrogen-bond donors (Lipinski definition) is 0. The number of aromatic nitrogens is 2. The second-order valence-electron chi connectivity index (χ2n) is 7.61. The van der Waals surface area contributed by atoms with Crippen LogP contribution in [0.5, 0.6) is 0 Å². The Balaban J connectivity index is 1.72. The van der Waals surface area contributed by atoms with Gasteiger partial charge in [0.2, 0.25) is 11.8 Å². The highest BCUT2D eigenvalue weighted by molar-refractivity contribution is 5.79. The monoisotopic (exact) mass is 374 g/mol. The molecule has 7 nitrogen and oxygen atoms in total. The molecular formula is C20H30N4O3. The summed E-state index contributed by atoms with van der Waals surface area (Å²) in [6.45, 7) is 7.16. The molecule has 2 aliphatic heterocycles. The maximum Gasteiger partial charge on any atom is 0.248 e. The van der Waals surface area contributed by atoms with Gasteiger partial charge in [0.1, 0.15) is 12.4 Å². The zero-order valence-corrected chi connectivity index (χ0v) is 16.7. The Bertz CT molecular complexity index is 677. The van der Waals surface area contributed by atoms with E-state index in [1.54, 1.807) is 0 Å². The number of nitrogens with zero attached hydrogens (tertiary/aromatic N) is 4. The topological polar surface area (TPSA) is 75.6 Å². The van der Waals surface area contributed by atoms with E-state index in [1.807, 2.05) is 23.6 Å². The van der Waals surface area contributed by atoms with Crippen LogP contribution in [0.4, 0.5) is 0 Å². The van der Waals surface area contributed by atoms with Crippen LogP contribution in [-0.4, -0.2) is 71.5 Å². The molecule has 0 radical (unpaired) electrons. The van der Waals surface area contributed by atoms with Gasteiger partial charge in [0, 0.05) is 56.2 Å². The Morgan fingerprint density at radius 3 is 2.26 bits per heavy atom. The number of amides is 2. The Hall–Kier alpha value is -2.02. The van der Waals surface area contributed by atoms with Gasteiger partial charge in [-0.1, -0.05) is 0 Å². The van der Waals surface area contributed by atoms with Crippen LogP contribution < -0.4 is 0 Å². The number of aryl methyl sites for hydroxylation is 2. The quantitative estimate of drug-likeness (QED) is 0.783. The van der Waals surface area contributed by atoms with Crippen LogP contribution in [0, 0.1) is 13.8 Å². The fraction of sp³-hybridized carbons (Fsp3) is 0.700. The van der Waals surface area contributed by atoms with Crippen molar-refractivity contribution in [3.63, 3.8) is 0 Å². The maximum absolute atomic E-state index is 12.5. The highest BCUT2D eigenvalue weighted by atomic mass is 16.5. The first-order valence-corrected chi connectivity index (χ1v) is 9.88. The van der Waals surface area contributed by atoms with Gasteiger partial charge >= 0.3 is 0 Å². The van der Waals surface area contributed by atoms with E-state index in [9.17, 15) is 9.59 Å². The summed E-state index contributed by atoms with van der Waals surface area (Å²) >= 11 is 0. The molecular weight excluding hydrogens is 344 g/mol. The summed E-state index contributed by atoms with van der Waals surface area (Å²) < 4.78 is 4.97. The molecule has 1 atom stereocenters. The maximum atomic E-state index is 12.5. The van der Waals surface area contributed by atoms with Crippen molar-refractivity contribution in [3.8, 4) is 0 Å². The molecule has 2 saturated heterocycles. The lowest BCUT2D eigenvalue weighted by Crippen LogP contribution is -2.41. The first-order chi connectivity index (χ1) is 13.0. The number of rotatable bonds is 5. The van der Waals surface area contributed by atoms with Crippen LogP contribution in [-0.2, 0) is 20.7 Å². The summed E-state index contributed by atoms with van der Waals surface area (Å²) in [6, 6.07) is 0. The van der Waals surface area contributed by atoms with Crippen molar-refractivity contribution in [3.05, 3.63) is 22.8 Å². The molecule has 3 heterocycles. The molecule has 1 aromatic heterocycles. The van der Waals surface area contributed by atoms with Crippen molar-refractivity contribution < 1.29 is 14.3 Å². The van der Waals surface area contributed by atoms with Crippen LogP contribution >= 0.6 is 0 Å². The molecule has 2 amide bonds. The second kappa shape index (κ2) is 8.78. The van der Waals surface area contributed by atoms with Gasteiger partial charge in [0.15, 0.2) is 0 Å². The minimum atomic E-state index is 0.0171. The third-order valence-corrected chi connectivity index (χ3v) is 5.63. The SMILES string of the molecule is COCC(=O)N1CCCC(c2nc(C)c(CC(=O)N3CCCC3)c(C)n2)C1. The van der Waals surface area contributed by atoms with Gasteiger partial charge in [-0.2, -0.15) is 0 Å². The van der Waals surface area contributed by atoms with Crippen LogP contribution in [0.2, 0.25) is 0 Å². The van der Waals surface area contributed by atoms with E-state index in [1.165, 1.54) is 7.11 Å². The molecule has 27 heavy (non-hydrogen) atoms. The van der Waals surface area contributed by atoms with E-state index in [0.29, 0.717) is 13.0 Å². The number of hydrogen-bond acceptors (Lipinski definition) is 5. The Morgan fingerprint density at radius 2 is 1.63 bits per heavy atom. The number of likely N-dealkylation sites (tertiary alicyclic amines) is 2. The number of carbonyl (C=O) groups excluding carboxylic acids is 2. The first-order valence-electron chi connectivity index (χ1n) is 9.88. The van der Waals surface area contributed by atoms with Crippen LogP contribution in [0.25, 0.3) is 0 Å². The molecule has 3 rings (SSSR count). The number of ether oxygens (including phenoxy) is 1. The average Bonchev–Trinajstić information content (AvgIpc) is 3.19.